The molecule has 0 saturated carbocycles. The van der Waals surface area contributed by atoms with Crippen molar-refractivity contribution in [2.75, 3.05) is 9.80 Å². The van der Waals surface area contributed by atoms with Gasteiger partial charge in [-0.15, -0.1) is 0 Å². The normalized spacial score (nSPS) is 12.4. The molecule has 0 N–H and O–H groups in total. The van der Waals surface area contributed by atoms with E-state index in [9.17, 15) is 0 Å². The Morgan fingerprint density at radius 3 is 1.27 bits per heavy atom. The van der Waals surface area contributed by atoms with Crippen molar-refractivity contribution in [3.05, 3.63) is 465 Å². The number of para-hydroxylation sites is 9. The lowest BCUT2D eigenvalue weighted by molar-refractivity contribution is 0.669. The molecule has 23 aromatic rings. The SMILES string of the molecule is CC/C=C\c1c(C)c2cc(-c3ccc4c(-c5ccc(-c6ccc(N(c7ccc(-c8ccccc8-n8c9ccccc9c9ccccc98)cc7)c7ccc(-c8cccc9c8oc8ccccc89)cc7)cc6)cc5)cccc4c3)ccc2n1-c1ccccc1N(C1=CC=C(c2ccc(-c3cccc4ccccc34)cc2)CC1)c1ccc(-c2cccc3c2oc2ccccc23)cc1. The number of rotatable bonds is 18. The van der Waals surface area contributed by atoms with Gasteiger partial charge >= 0.3 is 0 Å². The number of hydrogen-bond acceptors (Lipinski definition) is 4. The summed E-state index contributed by atoms with van der Waals surface area (Å²) < 4.78 is 18.1. The van der Waals surface area contributed by atoms with Gasteiger partial charge in [-0.25, -0.2) is 0 Å². The second-order valence-electron chi connectivity index (χ2n) is 34.0. The molecule has 1 aliphatic rings. The maximum atomic E-state index is 6.62. The van der Waals surface area contributed by atoms with E-state index in [4.69, 9.17) is 8.83 Å². The summed E-state index contributed by atoms with van der Waals surface area (Å²) in [4.78, 5) is 4.87. The van der Waals surface area contributed by atoms with E-state index in [1.54, 1.807) is 0 Å². The van der Waals surface area contributed by atoms with Crippen molar-refractivity contribution in [1.82, 2.24) is 9.13 Å². The maximum Gasteiger partial charge on any atom is 0.143 e. The summed E-state index contributed by atoms with van der Waals surface area (Å²) in [7, 11) is 0. The van der Waals surface area contributed by atoms with Crippen LogP contribution in [0.15, 0.2) is 457 Å². The van der Waals surface area contributed by atoms with Gasteiger partial charge in [0.15, 0.2) is 0 Å². The third-order valence-corrected chi connectivity index (χ3v) is 26.6. The molecule has 0 radical (unpaired) electrons. The van der Waals surface area contributed by atoms with Crippen LogP contribution in [-0.2, 0) is 0 Å². The molecule has 4 aromatic heterocycles. The molecule has 1 aliphatic carbocycles. The largest absolute Gasteiger partial charge is 0.455 e. The molecule has 6 nitrogen and oxygen atoms in total. The monoisotopic (exact) mass is 1650 g/mol. The van der Waals surface area contributed by atoms with Gasteiger partial charge in [0.2, 0.25) is 0 Å². The number of nitrogens with zero attached hydrogens (tertiary/aromatic N) is 4. The van der Waals surface area contributed by atoms with Crippen LogP contribution < -0.4 is 9.80 Å². The fourth-order valence-corrected chi connectivity index (χ4v) is 20.3. The first-order chi connectivity index (χ1) is 63.8. The van der Waals surface area contributed by atoms with E-state index in [1.165, 1.54) is 105 Å². The molecule has 0 aliphatic heterocycles. The van der Waals surface area contributed by atoms with Crippen molar-refractivity contribution in [2.45, 2.75) is 33.1 Å². The number of fused-ring (bicyclic) bond motifs is 12. The Bertz CT molecular complexity index is 8380. The predicted molar refractivity (Wildman–Crippen MR) is 544 cm³/mol. The quantitative estimate of drug-likeness (QED) is 0.0859. The standard InChI is InChI=1S/C123H86N4O2/c1-3-4-38-113-80(2)112-79-92(65-77-117(112)126(113)119-43-16-15-42-118(119)125(98-74-62-90(63-75-98)105-35-22-37-111-109-31-11-18-45-121(109)129-123(105)111)97-68-56-84(57-69-97)82-46-50-86(51-47-82)100-32-19-24-85-23-5-6-26-99(85)100)91-64-76-102-93(78-91)25-20-33-101(102)87-52-48-81(49-53-87)83-54-66-94(67-55-83)124(96-72-60-89(61-73-96)104-34-21-36-110-108-30-10-17-44-120(108)128-122(104)110)95-70-58-88(59-71-95)103-27-7-12-39-114(103)127-115-40-13-8-28-106(115)107-29-9-14-41-116(107)127/h4-56,58-68,70-79H,3,57,69H2,1-2H3/b38-4-. The van der Waals surface area contributed by atoms with Gasteiger partial charge in [-0.1, -0.05) is 335 Å². The summed E-state index contributed by atoms with van der Waals surface area (Å²) in [5, 5.41) is 13.1. The molecule has 0 saturated heterocycles. The van der Waals surface area contributed by atoms with Gasteiger partial charge < -0.3 is 27.8 Å². The Hall–Kier alpha value is -16.5. The van der Waals surface area contributed by atoms with Crippen LogP contribution >= 0.6 is 0 Å². The van der Waals surface area contributed by atoms with Gasteiger partial charge in [-0.05, 0) is 247 Å². The Labute approximate surface area is 748 Å². The number of benzene rings is 19. The Morgan fingerprint density at radius 2 is 0.682 bits per heavy atom. The lowest BCUT2D eigenvalue weighted by Crippen LogP contribution is -2.20. The van der Waals surface area contributed by atoms with Crippen molar-refractivity contribution in [3.8, 4) is 89.3 Å². The lowest BCUT2D eigenvalue weighted by atomic mass is 9.92. The summed E-state index contributed by atoms with van der Waals surface area (Å²) >= 11 is 0. The summed E-state index contributed by atoms with van der Waals surface area (Å²) in [6.07, 6.45) is 12.0. The summed E-state index contributed by atoms with van der Waals surface area (Å²) in [5.74, 6) is 0. The Morgan fingerprint density at radius 1 is 0.279 bits per heavy atom. The van der Waals surface area contributed by atoms with Gasteiger partial charge in [0.25, 0.3) is 0 Å². The summed E-state index contributed by atoms with van der Waals surface area (Å²) in [5.41, 5.74) is 36.9. The average Bonchev–Trinajstić information content (AvgIpc) is 1.72. The van der Waals surface area contributed by atoms with E-state index in [-0.39, 0.29) is 0 Å². The van der Waals surface area contributed by atoms with Crippen molar-refractivity contribution < 1.29 is 8.83 Å². The molecule has 4 heterocycles. The zero-order valence-electron chi connectivity index (χ0n) is 71.5. The molecule has 0 atom stereocenters. The first-order valence-corrected chi connectivity index (χ1v) is 44.8. The molecule has 24 rings (SSSR count). The van der Waals surface area contributed by atoms with E-state index >= 15 is 0 Å². The van der Waals surface area contributed by atoms with Crippen LogP contribution in [0.25, 0.3) is 199 Å². The summed E-state index contributed by atoms with van der Waals surface area (Å²) in [6, 6.07) is 155. The van der Waals surface area contributed by atoms with Crippen LogP contribution in [0.2, 0.25) is 0 Å². The third-order valence-electron chi connectivity index (χ3n) is 26.6. The van der Waals surface area contributed by atoms with Gasteiger partial charge in [0.05, 0.1) is 33.6 Å². The fourth-order valence-electron chi connectivity index (χ4n) is 20.3. The van der Waals surface area contributed by atoms with Crippen molar-refractivity contribution in [1.29, 1.82) is 0 Å². The van der Waals surface area contributed by atoms with Crippen molar-refractivity contribution in [3.63, 3.8) is 0 Å². The van der Waals surface area contributed by atoms with Crippen LogP contribution in [0.3, 0.4) is 0 Å². The number of aromatic nitrogens is 2. The highest BCUT2D eigenvalue weighted by Crippen LogP contribution is 2.48. The predicted octanol–water partition coefficient (Wildman–Crippen LogP) is 34.6. The zero-order chi connectivity index (χ0) is 85.6. The van der Waals surface area contributed by atoms with Gasteiger partial charge in [-0.2, -0.15) is 0 Å². The van der Waals surface area contributed by atoms with Crippen molar-refractivity contribution in [2.24, 2.45) is 0 Å². The van der Waals surface area contributed by atoms with Crippen LogP contribution in [0.1, 0.15) is 43.0 Å². The van der Waals surface area contributed by atoms with E-state index in [1.807, 2.05) is 12.1 Å². The first kappa shape index (κ1) is 76.1. The number of furan rings is 2. The lowest BCUT2D eigenvalue weighted by Gasteiger charge is -2.32. The Kier molecular flexibility index (Phi) is 18.8. The maximum absolute atomic E-state index is 6.62. The molecule has 0 unspecified atom stereocenters. The van der Waals surface area contributed by atoms with E-state index < -0.39 is 0 Å². The molecule has 0 fully saturated rings. The van der Waals surface area contributed by atoms with Gasteiger partial charge in [0, 0.05) is 88.5 Å². The van der Waals surface area contributed by atoms with E-state index in [0.29, 0.717) is 0 Å². The topological polar surface area (TPSA) is 42.6 Å². The molecule has 6 heteroatoms. The minimum absolute atomic E-state index is 0.837. The Balaban J connectivity index is 0.537. The number of hydrogen-bond donors (Lipinski definition) is 0. The third kappa shape index (κ3) is 13.3. The van der Waals surface area contributed by atoms with Crippen LogP contribution in [0.4, 0.5) is 28.4 Å². The second kappa shape index (κ2) is 31.9. The smallest absolute Gasteiger partial charge is 0.143 e. The molecular weight excluding hydrogens is 1570 g/mol. The van der Waals surface area contributed by atoms with E-state index in [0.717, 1.165) is 159 Å². The highest BCUT2D eigenvalue weighted by atomic mass is 16.3. The molecule has 0 amide bonds. The van der Waals surface area contributed by atoms with Crippen LogP contribution in [0, 0.1) is 6.92 Å². The minimum Gasteiger partial charge on any atom is -0.455 e. The molecule has 0 bridgehead atoms. The first-order valence-electron chi connectivity index (χ1n) is 44.8. The molecule has 19 aromatic carbocycles. The summed E-state index contributed by atoms with van der Waals surface area (Å²) in [6.45, 7) is 4.52. The number of allylic oxidation sites excluding steroid dienone is 5. The van der Waals surface area contributed by atoms with E-state index in [2.05, 4.69) is 470 Å². The fraction of sp³-hybridized carbons (Fsp3) is 0.0407. The number of aryl methyl sites for hydroxylation is 1. The van der Waals surface area contributed by atoms with Crippen LogP contribution in [0.5, 0.6) is 0 Å². The zero-order valence-corrected chi connectivity index (χ0v) is 71.5. The molecular formula is C123H86N4O2. The average molecular weight is 1650 g/mol. The van der Waals surface area contributed by atoms with Gasteiger partial charge in [0.1, 0.15) is 22.3 Å². The number of anilines is 5. The van der Waals surface area contributed by atoms with Crippen LogP contribution in [-0.4, -0.2) is 9.13 Å². The molecule has 610 valence electrons. The molecule has 129 heavy (non-hydrogen) atoms. The highest BCUT2D eigenvalue weighted by Gasteiger charge is 2.27. The second-order valence-corrected chi connectivity index (χ2v) is 34.0. The minimum atomic E-state index is 0.837. The van der Waals surface area contributed by atoms with Gasteiger partial charge in [-0.3, -0.25) is 0 Å². The van der Waals surface area contributed by atoms with Crippen molar-refractivity contribution >= 4 is 138 Å². The highest BCUT2D eigenvalue weighted by molar-refractivity contribution is 6.13. The molecule has 0 spiro atoms.